The number of aryl methyl sites for hydroxylation is 1. The Morgan fingerprint density at radius 1 is 1.53 bits per heavy atom. The van der Waals surface area contributed by atoms with Crippen LogP contribution in [0.2, 0.25) is 0 Å². The molecular weight excluding hydrogens is 216 g/mol. The number of esters is 1. The second kappa shape index (κ2) is 6.89. The summed E-state index contributed by atoms with van der Waals surface area (Å²) in [5.74, 6) is -0.323. The Balaban J connectivity index is 2.29. The summed E-state index contributed by atoms with van der Waals surface area (Å²) < 4.78 is 9.19. The predicted octanol–water partition coefficient (Wildman–Crippen LogP) is 1.69. The van der Waals surface area contributed by atoms with Crippen molar-refractivity contribution in [2.24, 2.45) is 0 Å². The number of nitrogens with zero attached hydrogens (tertiary/aromatic N) is 2. The fourth-order valence-electron chi connectivity index (χ4n) is 1.41. The maximum absolute atomic E-state index is 11.1. The lowest BCUT2D eigenvalue weighted by Gasteiger charge is -2.01. The molecule has 0 spiro atoms. The van der Waals surface area contributed by atoms with Crippen LogP contribution < -0.4 is 4.57 Å². The van der Waals surface area contributed by atoms with Crippen molar-refractivity contribution >= 4 is 5.97 Å². The maximum atomic E-state index is 11.1. The van der Waals surface area contributed by atoms with Crippen molar-refractivity contribution in [2.75, 3.05) is 6.61 Å². The number of hydrogen-bond donors (Lipinski definition) is 0. The molecule has 0 saturated carbocycles. The fourth-order valence-corrected chi connectivity index (χ4v) is 1.41. The van der Waals surface area contributed by atoms with Crippen molar-refractivity contribution in [1.29, 1.82) is 0 Å². The summed E-state index contributed by atoms with van der Waals surface area (Å²) >= 11 is 0. The minimum absolute atomic E-state index is 0.323. The van der Waals surface area contributed by atoms with Crippen molar-refractivity contribution < 1.29 is 14.1 Å². The van der Waals surface area contributed by atoms with Gasteiger partial charge in [-0.1, -0.05) is 19.9 Å². The van der Waals surface area contributed by atoms with Gasteiger partial charge in [-0.05, 0) is 13.3 Å². The standard InChI is InChI=1S/C13H21N2O2/c1-4-5-6-14-7-8-15(11-14)9-10-17-13(16)12(2)3/h7-8,11H,2,4-6,9-10H2,1,3H3/q+1. The number of carbonyl (C=O) groups is 1. The first-order valence-corrected chi connectivity index (χ1v) is 6.01. The topological polar surface area (TPSA) is 35.1 Å². The third-order valence-corrected chi connectivity index (χ3v) is 2.45. The van der Waals surface area contributed by atoms with Crippen LogP contribution in [-0.4, -0.2) is 17.1 Å². The zero-order valence-electron chi connectivity index (χ0n) is 10.7. The summed E-state index contributed by atoms with van der Waals surface area (Å²) in [5, 5.41) is 0. The van der Waals surface area contributed by atoms with E-state index in [-0.39, 0.29) is 5.97 Å². The largest absolute Gasteiger partial charge is 0.458 e. The quantitative estimate of drug-likeness (QED) is 0.411. The molecule has 1 aromatic rings. The average Bonchev–Trinajstić information content (AvgIpc) is 2.74. The maximum Gasteiger partial charge on any atom is 0.333 e. The third-order valence-electron chi connectivity index (χ3n) is 2.45. The van der Waals surface area contributed by atoms with Gasteiger partial charge in [-0.15, -0.1) is 0 Å². The average molecular weight is 237 g/mol. The lowest BCUT2D eigenvalue weighted by Crippen LogP contribution is -2.30. The van der Waals surface area contributed by atoms with Gasteiger partial charge in [0.1, 0.15) is 25.5 Å². The van der Waals surface area contributed by atoms with Crippen LogP contribution in [0.3, 0.4) is 0 Å². The van der Waals surface area contributed by atoms with E-state index in [1.54, 1.807) is 6.92 Å². The van der Waals surface area contributed by atoms with Crippen molar-refractivity contribution in [3.05, 3.63) is 30.9 Å². The Kier molecular flexibility index (Phi) is 5.46. The van der Waals surface area contributed by atoms with E-state index in [1.165, 1.54) is 12.8 Å². The molecule has 0 N–H and O–H groups in total. The summed E-state index contributed by atoms with van der Waals surface area (Å²) in [5.41, 5.74) is 0.440. The second-order valence-electron chi connectivity index (χ2n) is 4.16. The molecule has 0 aliphatic heterocycles. The predicted molar refractivity (Wildman–Crippen MR) is 65.3 cm³/mol. The van der Waals surface area contributed by atoms with E-state index >= 15 is 0 Å². The highest BCUT2D eigenvalue weighted by Crippen LogP contribution is 1.94. The van der Waals surface area contributed by atoms with Crippen LogP contribution in [0.15, 0.2) is 30.9 Å². The molecule has 0 saturated heterocycles. The molecule has 0 bridgehead atoms. The van der Waals surface area contributed by atoms with Crippen LogP contribution in [0.4, 0.5) is 0 Å². The van der Waals surface area contributed by atoms with Gasteiger partial charge in [-0.2, -0.15) is 0 Å². The molecule has 0 atom stereocenters. The number of rotatable bonds is 7. The van der Waals surface area contributed by atoms with Gasteiger partial charge in [-0.3, -0.25) is 0 Å². The number of ether oxygens (including phenoxy) is 1. The van der Waals surface area contributed by atoms with Gasteiger partial charge in [0.25, 0.3) is 0 Å². The molecule has 0 radical (unpaired) electrons. The fraction of sp³-hybridized carbons (Fsp3) is 0.538. The molecule has 0 amide bonds. The van der Waals surface area contributed by atoms with Gasteiger partial charge in [0.05, 0.1) is 6.54 Å². The summed E-state index contributed by atoms with van der Waals surface area (Å²) in [6.45, 7) is 9.46. The van der Waals surface area contributed by atoms with E-state index in [4.69, 9.17) is 4.74 Å². The van der Waals surface area contributed by atoms with Crippen LogP contribution in [0, 0.1) is 0 Å². The van der Waals surface area contributed by atoms with Crippen LogP contribution in [0.1, 0.15) is 26.7 Å². The third kappa shape index (κ3) is 4.85. The van der Waals surface area contributed by atoms with Gasteiger partial charge in [0, 0.05) is 5.57 Å². The summed E-state index contributed by atoms with van der Waals surface area (Å²) in [6, 6.07) is 0. The summed E-state index contributed by atoms with van der Waals surface area (Å²) in [6.07, 6.45) is 8.43. The SMILES string of the molecule is C=C(C)C(=O)OCCn1cc[n+](CCCC)c1. The Hall–Kier alpha value is -1.58. The first kappa shape index (κ1) is 13.5. The molecule has 0 aliphatic rings. The second-order valence-corrected chi connectivity index (χ2v) is 4.16. The van der Waals surface area contributed by atoms with Gasteiger partial charge in [0.15, 0.2) is 0 Å². The molecule has 4 heteroatoms. The summed E-state index contributed by atoms with van der Waals surface area (Å²) in [7, 11) is 0. The monoisotopic (exact) mass is 237 g/mol. The number of imidazole rings is 1. The first-order chi connectivity index (χ1) is 8.13. The van der Waals surface area contributed by atoms with E-state index in [0.29, 0.717) is 18.7 Å². The van der Waals surface area contributed by atoms with E-state index in [1.807, 2.05) is 23.3 Å². The molecule has 1 rings (SSSR count). The van der Waals surface area contributed by atoms with Crippen molar-refractivity contribution in [3.63, 3.8) is 0 Å². The first-order valence-electron chi connectivity index (χ1n) is 6.01. The smallest absolute Gasteiger partial charge is 0.333 e. The van der Waals surface area contributed by atoms with E-state index in [2.05, 4.69) is 18.1 Å². The normalized spacial score (nSPS) is 10.2. The minimum Gasteiger partial charge on any atom is -0.458 e. The van der Waals surface area contributed by atoms with Crippen molar-refractivity contribution in [1.82, 2.24) is 4.57 Å². The Labute approximate surface area is 103 Å². The number of aromatic nitrogens is 2. The zero-order chi connectivity index (χ0) is 12.7. The van der Waals surface area contributed by atoms with Crippen molar-refractivity contribution in [3.8, 4) is 0 Å². The van der Waals surface area contributed by atoms with Crippen LogP contribution in [-0.2, 0) is 22.6 Å². The molecule has 1 aromatic heterocycles. The van der Waals surface area contributed by atoms with E-state index in [0.717, 1.165) is 6.54 Å². The Morgan fingerprint density at radius 3 is 2.94 bits per heavy atom. The molecule has 17 heavy (non-hydrogen) atoms. The van der Waals surface area contributed by atoms with Crippen LogP contribution in [0.25, 0.3) is 0 Å². The van der Waals surface area contributed by atoms with Gasteiger partial charge < -0.3 is 4.74 Å². The Bertz CT molecular complexity index is 383. The molecule has 94 valence electrons. The minimum atomic E-state index is -0.323. The van der Waals surface area contributed by atoms with Gasteiger partial charge in [0.2, 0.25) is 6.33 Å². The van der Waals surface area contributed by atoms with E-state index in [9.17, 15) is 4.79 Å². The zero-order valence-corrected chi connectivity index (χ0v) is 10.7. The molecule has 0 unspecified atom stereocenters. The molecule has 0 fully saturated rings. The molecule has 1 heterocycles. The molecule has 0 aliphatic carbocycles. The van der Waals surface area contributed by atoms with Crippen molar-refractivity contribution in [2.45, 2.75) is 39.8 Å². The number of carbonyl (C=O) groups excluding carboxylic acids is 1. The van der Waals surface area contributed by atoms with Crippen LogP contribution in [0.5, 0.6) is 0 Å². The lowest BCUT2D eigenvalue weighted by atomic mass is 10.3. The Morgan fingerprint density at radius 2 is 2.29 bits per heavy atom. The highest BCUT2D eigenvalue weighted by molar-refractivity contribution is 5.86. The number of unbranched alkanes of at least 4 members (excludes halogenated alkanes) is 1. The highest BCUT2D eigenvalue weighted by atomic mass is 16.5. The van der Waals surface area contributed by atoms with Crippen LogP contribution >= 0.6 is 0 Å². The van der Waals surface area contributed by atoms with Gasteiger partial charge in [-0.25, -0.2) is 13.9 Å². The molecular formula is C13H21N2O2+. The molecule has 4 nitrogen and oxygen atoms in total. The number of hydrogen-bond acceptors (Lipinski definition) is 2. The summed E-state index contributed by atoms with van der Waals surface area (Å²) in [4.78, 5) is 11.1. The van der Waals surface area contributed by atoms with E-state index < -0.39 is 0 Å². The lowest BCUT2D eigenvalue weighted by molar-refractivity contribution is -0.696. The molecule has 0 aromatic carbocycles. The highest BCUT2D eigenvalue weighted by Gasteiger charge is 2.06. The van der Waals surface area contributed by atoms with Gasteiger partial charge >= 0.3 is 5.97 Å².